The van der Waals surface area contributed by atoms with Gasteiger partial charge in [-0.05, 0) is 56.7 Å². The zero-order chi connectivity index (χ0) is 14.7. The van der Waals surface area contributed by atoms with Crippen molar-refractivity contribution in [2.75, 3.05) is 13.1 Å². The molecule has 0 amide bonds. The van der Waals surface area contributed by atoms with E-state index in [0.29, 0.717) is 6.04 Å². The molecular formula is C18H25N3. The molecule has 3 rings (SSSR count). The topological polar surface area (TPSA) is 39.1 Å². The van der Waals surface area contributed by atoms with Crippen LogP contribution in [0.1, 0.15) is 43.7 Å². The third kappa shape index (κ3) is 3.84. The van der Waals surface area contributed by atoms with Gasteiger partial charge in [0.15, 0.2) is 0 Å². The summed E-state index contributed by atoms with van der Waals surface area (Å²) in [6.45, 7) is 5.22. The van der Waals surface area contributed by atoms with Gasteiger partial charge in [0.2, 0.25) is 0 Å². The lowest BCUT2D eigenvalue weighted by molar-refractivity contribution is 0.239. The van der Waals surface area contributed by atoms with Gasteiger partial charge in [0.25, 0.3) is 0 Å². The van der Waals surface area contributed by atoms with Gasteiger partial charge in [0, 0.05) is 19.1 Å². The molecule has 1 aromatic rings. The molecule has 1 atom stereocenters. The predicted molar refractivity (Wildman–Crippen MR) is 84.8 cm³/mol. The van der Waals surface area contributed by atoms with E-state index in [2.05, 4.69) is 47.5 Å². The van der Waals surface area contributed by atoms with Crippen molar-refractivity contribution in [3.8, 4) is 6.07 Å². The molecule has 0 spiro atoms. The van der Waals surface area contributed by atoms with E-state index >= 15 is 0 Å². The minimum atomic E-state index is -0.368. The number of rotatable bonds is 5. The second-order valence-corrected chi connectivity index (χ2v) is 6.76. The summed E-state index contributed by atoms with van der Waals surface area (Å²) in [7, 11) is 0. The van der Waals surface area contributed by atoms with Crippen molar-refractivity contribution in [3.63, 3.8) is 0 Å². The Morgan fingerprint density at radius 3 is 2.81 bits per heavy atom. The monoisotopic (exact) mass is 283 g/mol. The third-order valence-electron chi connectivity index (χ3n) is 4.71. The van der Waals surface area contributed by atoms with Crippen LogP contribution in [0.15, 0.2) is 24.3 Å². The van der Waals surface area contributed by atoms with Crippen LogP contribution in [0, 0.1) is 11.3 Å². The van der Waals surface area contributed by atoms with Gasteiger partial charge in [-0.2, -0.15) is 5.26 Å². The number of benzene rings is 1. The molecule has 112 valence electrons. The number of nitrogens with zero attached hydrogens (tertiary/aromatic N) is 2. The van der Waals surface area contributed by atoms with Crippen LogP contribution in [-0.4, -0.2) is 29.6 Å². The largest absolute Gasteiger partial charge is 0.299 e. The van der Waals surface area contributed by atoms with Crippen molar-refractivity contribution >= 4 is 0 Å². The molecule has 0 radical (unpaired) electrons. The number of nitriles is 1. The summed E-state index contributed by atoms with van der Waals surface area (Å²) in [5.74, 6) is 0. The lowest BCUT2D eigenvalue weighted by Crippen LogP contribution is -2.45. The average molecular weight is 283 g/mol. The summed E-state index contributed by atoms with van der Waals surface area (Å²) < 4.78 is 0. The van der Waals surface area contributed by atoms with Crippen LogP contribution < -0.4 is 5.32 Å². The summed E-state index contributed by atoms with van der Waals surface area (Å²) in [5.41, 5.74) is 2.59. The van der Waals surface area contributed by atoms with Gasteiger partial charge >= 0.3 is 0 Å². The molecule has 1 aliphatic heterocycles. The van der Waals surface area contributed by atoms with E-state index in [9.17, 15) is 5.26 Å². The SMILES string of the molecule is CC(C#N)(CCN1CCCc2ccccc2C1)NC1CC1. The van der Waals surface area contributed by atoms with E-state index < -0.39 is 0 Å². The summed E-state index contributed by atoms with van der Waals surface area (Å²) in [6, 6.07) is 11.9. The first kappa shape index (κ1) is 14.6. The predicted octanol–water partition coefficient (Wildman–Crippen LogP) is 2.86. The molecule has 1 aromatic carbocycles. The van der Waals surface area contributed by atoms with Crippen LogP contribution in [0.2, 0.25) is 0 Å². The summed E-state index contributed by atoms with van der Waals surface area (Å²) in [5, 5.41) is 13.0. The zero-order valence-electron chi connectivity index (χ0n) is 12.9. The molecule has 1 aliphatic carbocycles. The van der Waals surface area contributed by atoms with Crippen molar-refractivity contribution in [2.45, 2.75) is 57.2 Å². The molecular weight excluding hydrogens is 258 g/mol. The number of nitrogens with one attached hydrogen (secondary N) is 1. The summed E-state index contributed by atoms with van der Waals surface area (Å²) in [6.07, 6.45) is 5.77. The Balaban J connectivity index is 1.59. The maximum absolute atomic E-state index is 9.47. The smallest absolute Gasteiger partial charge is 0.105 e. The highest BCUT2D eigenvalue weighted by atomic mass is 15.1. The van der Waals surface area contributed by atoms with Crippen molar-refractivity contribution in [2.24, 2.45) is 0 Å². The fourth-order valence-corrected chi connectivity index (χ4v) is 3.18. The number of aryl methyl sites for hydroxylation is 1. The van der Waals surface area contributed by atoms with Crippen LogP contribution in [-0.2, 0) is 13.0 Å². The van der Waals surface area contributed by atoms with Gasteiger partial charge < -0.3 is 0 Å². The Hall–Kier alpha value is -1.37. The highest BCUT2D eigenvalue weighted by Crippen LogP contribution is 2.25. The highest BCUT2D eigenvalue weighted by Gasteiger charge is 2.32. The molecule has 1 saturated carbocycles. The van der Waals surface area contributed by atoms with Crippen LogP contribution in [0.3, 0.4) is 0 Å². The van der Waals surface area contributed by atoms with Crippen molar-refractivity contribution in [3.05, 3.63) is 35.4 Å². The van der Waals surface area contributed by atoms with Crippen molar-refractivity contribution in [1.29, 1.82) is 5.26 Å². The van der Waals surface area contributed by atoms with E-state index in [-0.39, 0.29) is 5.54 Å². The molecule has 1 fully saturated rings. The molecule has 3 heteroatoms. The van der Waals surface area contributed by atoms with Gasteiger partial charge in [-0.25, -0.2) is 0 Å². The fourth-order valence-electron chi connectivity index (χ4n) is 3.18. The van der Waals surface area contributed by atoms with E-state index in [1.165, 1.54) is 36.8 Å². The molecule has 21 heavy (non-hydrogen) atoms. The lowest BCUT2D eigenvalue weighted by atomic mass is 9.99. The Kier molecular flexibility index (Phi) is 4.28. The van der Waals surface area contributed by atoms with E-state index in [1.54, 1.807) is 0 Å². The standard InChI is InChI=1S/C18H25N3/c1-18(14-19,20-17-8-9-17)10-12-21-11-4-7-15-5-2-3-6-16(15)13-21/h2-3,5-6,17,20H,4,7-13H2,1H3. The van der Waals surface area contributed by atoms with E-state index in [4.69, 9.17) is 0 Å². The van der Waals surface area contributed by atoms with Crippen LogP contribution >= 0.6 is 0 Å². The van der Waals surface area contributed by atoms with Gasteiger partial charge in [-0.15, -0.1) is 0 Å². The first-order chi connectivity index (χ1) is 10.2. The molecule has 0 aromatic heterocycles. The Morgan fingerprint density at radius 1 is 1.33 bits per heavy atom. The van der Waals surface area contributed by atoms with Gasteiger partial charge in [-0.1, -0.05) is 24.3 Å². The first-order valence-electron chi connectivity index (χ1n) is 8.17. The average Bonchev–Trinajstić information content (AvgIpc) is 3.31. The van der Waals surface area contributed by atoms with Crippen LogP contribution in [0.5, 0.6) is 0 Å². The third-order valence-corrected chi connectivity index (χ3v) is 4.71. The maximum atomic E-state index is 9.47. The van der Waals surface area contributed by atoms with Crippen molar-refractivity contribution < 1.29 is 0 Å². The lowest BCUT2D eigenvalue weighted by Gasteiger charge is -2.28. The number of hydrogen-bond acceptors (Lipinski definition) is 3. The van der Waals surface area contributed by atoms with Crippen molar-refractivity contribution in [1.82, 2.24) is 10.2 Å². The second kappa shape index (κ2) is 6.17. The first-order valence-corrected chi connectivity index (χ1v) is 8.17. The molecule has 1 N–H and O–H groups in total. The quantitative estimate of drug-likeness (QED) is 0.903. The van der Waals surface area contributed by atoms with E-state index in [1.807, 2.05) is 0 Å². The second-order valence-electron chi connectivity index (χ2n) is 6.76. The van der Waals surface area contributed by atoms with E-state index in [0.717, 1.165) is 26.1 Å². The van der Waals surface area contributed by atoms with Gasteiger partial charge in [0.05, 0.1) is 6.07 Å². The minimum absolute atomic E-state index is 0.368. The minimum Gasteiger partial charge on any atom is -0.299 e. The highest BCUT2D eigenvalue weighted by molar-refractivity contribution is 5.28. The van der Waals surface area contributed by atoms with Crippen LogP contribution in [0.4, 0.5) is 0 Å². The normalized spacial score (nSPS) is 21.9. The van der Waals surface area contributed by atoms with Gasteiger partial charge in [-0.3, -0.25) is 10.2 Å². The Labute approximate surface area is 128 Å². The summed E-state index contributed by atoms with van der Waals surface area (Å²) >= 11 is 0. The number of fused-ring (bicyclic) bond motifs is 1. The van der Waals surface area contributed by atoms with Crippen LogP contribution in [0.25, 0.3) is 0 Å². The Bertz CT molecular complexity index is 530. The summed E-state index contributed by atoms with van der Waals surface area (Å²) in [4.78, 5) is 2.51. The number of hydrogen-bond donors (Lipinski definition) is 1. The Morgan fingerprint density at radius 2 is 2.10 bits per heavy atom. The molecule has 0 saturated heterocycles. The zero-order valence-corrected chi connectivity index (χ0v) is 12.9. The molecule has 1 unspecified atom stereocenters. The molecule has 3 nitrogen and oxygen atoms in total. The fraction of sp³-hybridized carbons (Fsp3) is 0.611. The molecule has 2 aliphatic rings. The molecule has 1 heterocycles. The maximum Gasteiger partial charge on any atom is 0.105 e. The van der Waals surface area contributed by atoms with Gasteiger partial charge in [0.1, 0.15) is 5.54 Å². The molecule has 0 bridgehead atoms.